The molecule has 7 heteroatoms. The summed E-state index contributed by atoms with van der Waals surface area (Å²) in [6, 6.07) is 9.03. The Hall–Kier alpha value is -2.67. The van der Waals surface area contributed by atoms with Gasteiger partial charge >= 0.3 is 5.97 Å². The van der Waals surface area contributed by atoms with Crippen molar-refractivity contribution in [3.8, 4) is 0 Å². The van der Waals surface area contributed by atoms with Gasteiger partial charge in [-0.25, -0.2) is 9.78 Å². The second-order valence-electron chi connectivity index (χ2n) is 9.45. The van der Waals surface area contributed by atoms with E-state index in [-0.39, 0.29) is 17.9 Å². The van der Waals surface area contributed by atoms with Crippen LogP contribution in [0.25, 0.3) is 11.0 Å². The number of carbonyl (C=O) groups is 2. The van der Waals surface area contributed by atoms with Crippen LogP contribution in [0.5, 0.6) is 0 Å². The van der Waals surface area contributed by atoms with Gasteiger partial charge in [-0.3, -0.25) is 4.79 Å². The first kappa shape index (κ1) is 25.0. The molecule has 0 aliphatic heterocycles. The molecule has 33 heavy (non-hydrogen) atoms. The number of carboxylic acids is 1. The standard InChI is InChI=1S/C26H35N3O3S/c1-6-17(4)13-22(26(31)32)28-25(30)19-9-10-23-21(14-19)27-24(15-20-8-7-11-33-20)29(23)18(5)12-16(2)3/h7-11,14,16-18,22H,6,12-13,15H2,1-5H3,(H,28,30)(H,31,32)/t17?,18?,22-/m0/s1. The van der Waals surface area contributed by atoms with Crippen molar-refractivity contribution >= 4 is 34.2 Å². The zero-order chi connectivity index (χ0) is 24.1. The van der Waals surface area contributed by atoms with E-state index in [1.165, 1.54) is 4.88 Å². The number of nitrogens with zero attached hydrogens (tertiary/aromatic N) is 2. The van der Waals surface area contributed by atoms with Gasteiger partial charge in [-0.2, -0.15) is 0 Å². The molecule has 0 spiro atoms. The van der Waals surface area contributed by atoms with E-state index in [1.54, 1.807) is 23.5 Å². The highest BCUT2D eigenvalue weighted by Gasteiger charge is 2.24. The summed E-state index contributed by atoms with van der Waals surface area (Å²) < 4.78 is 2.29. The zero-order valence-corrected chi connectivity index (χ0v) is 21.0. The van der Waals surface area contributed by atoms with Crippen molar-refractivity contribution in [2.24, 2.45) is 11.8 Å². The number of rotatable bonds is 11. The van der Waals surface area contributed by atoms with Crippen molar-refractivity contribution in [2.45, 2.75) is 72.4 Å². The second kappa shape index (κ2) is 11.0. The first-order valence-corrected chi connectivity index (χ1v) is 12.6. The van der Waals surface area contributed by atoms with Crippen molar-refractivity contribution in [1.29, 1.82) is 0 Å². The fraction of sp³-hybridized carbons (Fsp3) is 0.500. The van der Waals surface area contributed by atoms with E-state index in [9.17, 15) is 14.7 Å². The van der Waals surface area contributed by atoms with Crippen molar-refractivity contribution in [2.75, 3.05) is 0 Å². The first-order valence-electron chi connectivity index (χ1n) is 11.8. The van der Waals surface area contributed by atoms with Gasteiger partial charge in [0.25, 0.3) is 5.91 Å². The lowest BCUT2D eigenvalue weighted by molar-refractivity contribution is -0.139. The Morgan fingerprint density at radius 2 is 1.91 bits per heavy atom. The minimum absolute atomic E-state index is 0.215. The summed E-state index contributed by atoms with van der Waals surface area (Å²) in [7, 11) is 0. The smallest absolute Gasteiger partial charge is 0.326 e. The molecule has 2 N–H and O–H groups in total. The Morgan fingerprint density at radius 1 is 1.15 bits per heavy atom. The van der Waals surface area contributed by atoms with Gasteiger partial charge in [0, 0.05) is 22.9 Å². The van der Waals surface area contributed by atoms with Crippen LogP contribution in [0, 0.1) is 11.8 Å². The number of nitrogens with one attached hydrogen (secondary N) is 1. The van der Waals surface area contributed by atoms with E-state index < -0.39 is 12.0 Å². The average molecular weight is 470 g/mol. The highest BCUT2D eigenvalue weighted by Crippen LogP contribution is 2.28. The van der Waals surface area contributed by atoms with Crippen molar-refractivity contribution < 1.29 is 14.7 Å². The topological polar surface area (TPSA) is 84.2 Å². The van der Waals surface area contributed by atoms with Crippen LogP contribution in [0.2, 0.25) is 0 Å². The zero-order valence-electron chi connectivity index (χ0n) is 20.2. The number of thiophene rings is 1. The molecule has 3 aromatic rings. The van der Waals surface area contributed by atoms with E-state index in [2.05, 4.69) is 42.1 Å². The molecule has 0 aliphatic carbocycles. The SMILES string of the molecule is CCC(C)C[C@H](NC(=O)c1ccc2c(c1)nc(Cc1cccs1)n2C(C)CC(C)C)C(=O)O. The molecule has 0 bridgehead atoms. The van der Waals surface area contributed by atoms with Crippen LogP contribution in [0.3, 0.4) is 0 Å². The quantitative estimate of drug-likeness (QED) is 0.365. The summed E-state index contributed by atoms with van der Waals surface area (Å²) >= 11 is 1.71. The molecule has 0 aliphatic rings. The minimum atomic E-state index is -1.00. The molecule has 0 saturated carbocycles. The molecule has 0 fully saturated rings. The molecular weight excluding hydrogens is 434 g/mol. The molecule has 0 saturated heterocycles. The van der Waals surface area contributed by atoms with Crippen molar-refractivity contribution in [1.82, 2.24) is 14.9 Å². The Balaban J connectivity index is 1.93. The predicted molar refractivity (Wildman–Crippen MR) is 134 cm³/mol. The van der Waals surface area contributed by atoms with Crippen LogP contribution in [0.4, 0.5) is 0 Å². The summed E-state index contributed by atoms with van der Waals surface area (Å²) in [5, 5.41) is 14.3. The Kier molecular flexibility index (Phi) is 8.30. The number of hydrogen-bond donors (Lipinski definition) is 2. The van der Waals surface area contributed by atoms with Crippen LogP contribution in [-0.4, -0.2) is 32.6 Å². The maximum Gasteiger partial charge on any atom is 0.326 e. The molecule has 3 atom stereocenters. The molecule has 2 heterocycles. The third kappa shape index (κ3) is 6.22. The van der Waals surface area contributed by atoms with E-state index in [0.717, 1.165) is 36.1 Å². The van der Waals surface area contributed by atoms with Gasteiger partial charge in [0.1, 0.15) is 11.9 Å². The predicted octanol–water partition coefficient (Wildman–Crippen LogP) is 5.91. The Labute approximate surface area is 200 Å². The molecule has 178 valence electrons. The normalized spacial score (nSPS) is 14.4. The maximum atomic E-state index is 12.9. The lowest BCUT2D eigenvalue weighted by Crippen LogP contribution is -2.41. The van der Waals surface area contributed by atoms with Crippen molar-refractivity contribution in [3.63, 3.8) is 0 Å². The fourth-order valence-electron chi connectivity index (χ4n) is 4.30. The number of hydrogen-bond acceptors (Lipinski definition) is 4. The summed E-state index contributed by atoms with van der Waals surface area (Å²) in [5.41, 5.74) is 2.20. The van der Waals surface area contributed by atoms with Crippen LogP contribution < -0.4 is 5.32 Å². The van der Waals surface area contributed by atoms with Crippen LogP contribution in [0.15, 0.2) is 35.7 Å². The molecule has 1 amide bonds. The van der Waals surface area contributed by atoms with Gasteiger partial charge in [0.15, 0.2) is 0 Å². The number of carboxylic acid groups (broad SMARTS) is 1. The lowest BCUT2D eigenvalue weighted by atomic mass is 9.99. The molecular formula is C26H35N3O3S. The van der Waals surface area contributed by atoms with Gasteiger partial charge in [0.2, 0.25) is 0 Å². The number of carbonyl (C=O) groups excluding carboxylic acids is 1. The van der Waals surface area contributed by atoms with E-state index in [4.69, 9.17) is 4.98 Å². The summed E-state index contributed by atoms with van der Waals surface area (Å²) in [4.78, 5) is 30.7. The maximum absolute atomic E-state index is 12.9. The lowest BCUT2D eigenvalue weighted by Gasteiger charge is -2.20. The van der Waals surface area contributed by atoms with Gasteiger partial charge in [0.05, 0.1) is 11.0 Å². The van der Waals surface area contributed by atoms with Crippen LogP contribution >= 0.6 is 11.3 Å². The second-order valence-corrected chi connectivity index (χ2v) is 10.5. The van der Waals surface area contributed by atoms with Gasteiger partial charge < -0.3 is 15.0 Å². The Bertz CT molecular complexity index is 1090. The first-order chi connectivity index (χ1) is 15.7. The number of aromatic nitrogens is 2. The number of amides is 1. The molecule has 3 rings (SSSR count). The molecule has 2 aromatic heterocycles. The molecule has 1 aromatic carbocycles. The summed E-state index contributed by atoms with van der Waals surface area (Å²) in [5.74, 6) is 0.368. The van der Waals surface area contributed by atoms with Crippen LogP contribution in [0.1, 0.15) is 81.0 Å². The number of benzene rings is 1. The number of aliphatic carboxylic acids is 1. The van der Waals surface area contributed by atoms with E-state index in [1.807, 2.05) is 26.0 Å². The number of imidazole rings is 1. The van der Waals surface area contributed by atoms with Gasteiger partial charge in [-0.05, 0) is 61.2 Å². The van der Waals surface area contributed by atoms with E-state index in [0.29, 0.717) is 17.9 Å². The fourth-order valence-corrected chi connectivity index (χ4v) is 5.00. The monoisotopic (exact) mass is 469 g/mol. The summed E-state index contributed by atoms with van der Waals surface area (Å²) in [6.45, 7) is 10.7. The average Bonchev–Trinajstić information content (AvgIpc) is 3.39. The summed E-state index contributed by atoms with van der Waals surface area (Å²) in [6.07, 6.45) is 3.05. The third-order valence-corrected chi connectivity index (χ3v) is 7.01. The van der Waals surface area contributed by atoms with Gasteiger partial charge in [-0.1, -0.05) is 40.2 Å². The van der Waals surface area contributed by atoms with Crippen LogP contribution in [-0.2, 0) is 11.2 Å². The highest BCUT2D eigenvalue weighted by atomic mass is 32.1. The van der Waals surface area contributed by atoms with Gasteiger partial charge in [-0.15, -0.1) is 11.3 Å². The number of fused-ring (bicyclic) bond motifs is 1. The third-order valence-electron chi connectivity index (χ3n) is 6.13. The highest BCUT2D eigenvalue weighted by molar-refractivity contribution is 7.09. The molecule has 2 unspecified atom stereocenters. The Morgan fingerprint density at radius 3 is 2.52 bits per heavy atom. The molecule has 0 radical (unpaired) electrons. The van der Waals surface area contributed by atoms with E-state index >= 15 is 0 Å². The largest absolute Gasteiger partial charge is 0.480 e. The molecule has 6 nitrogen and oxygen atoms in total. The minimum Gasteiger partial charge on any atom is -0.480 e. The van der Waals surface area contributed by atoms with Crippen molar-refractivity contribution in [3.05, 3.63) is 52.0 Å².